The van der Waals surface area contributed by atoms with Gasteiger partial charge < -0.3 is 9.80 Å². The molecule has 0 aromatic carbocycles. The summed E-state index contributed by atoms with van der Waals surface area (Å²) in [5.41, 5.74) is 1.53. The van der Waals surface area contributed by atoms with Gasteiger partial charge in [0.05, 0.1) is 0 Å². The molecule has 0 spiro atoms. The Bertz CT molecular complexity index is 240. The summed E-state index contributed by atoms with van der Waals surface area (Å²) in [6, 6.07) is 0. The molecule has 1 heterocycles. The number of piperazine rings is 1. The van der Waals surface area contributed by atoms with Gasteiger partial charge in [-0.15, -0.1) is 0 Å². The molecule has 3 nitrogen and oxygen atoms in total. The minimum atomic E-state index is 0.260. The van der Waals surface area contributed by atoms with Crippen LogP contribution in [0, 0.1) is 0 Å². The van der Waals surface area contributed by atoms with E-state index < -0.39 is 0 Å². The average Bonchev–Trinajstić information content (AvgIpc) is 2.14. The van der Waals surface area contributed by atoms with E-state index in [1.165, 1.54) is 5.70 Å². The topological polar surface area (TPSA) is 9.72 Å². The third-order valence-corrected chi connectivity index (χ3v) is 3.23. The molecule has 0 atom stereocenters. The summed E-state index contributed by atoms with van der Waals surface area (Å²) >= 11 is 0. The highest BCUT2D eigenvalue weighted by atomic mass is 15.3. The molecule has 0 N–H and O–H groups in total. The molecule has 0 aromatic rings. The monoisotopic (exact) mass is 225 g/mol. The van der Waals surface area contributed by atoms with E-state index in [0.717, 1.165) is 32.7 Å². The Kier molecular flexibility index (Phi) is 4.39. The first-order valence-corrected chi connectivity index (χ1v) is 6.13. The first-order chi connectivity index (χ1) is 7.30. The molecule has 0 bridgehead atoms. The van der Waals surface area contributed by atoms with Crippen LogP contribution in [0.2, 0.25) is 0 Å². The molecule has 0 amide bonds. The minimum absolute atomic E-state index is 0.260. The van der Waals surface area contributed by atoms with E-state index >= 15 is 0 Å². The van der Waals surface area contributed by atoms with Crippen LogP contribution in [-0.2, 0) is 0 Å². The third kappa shape index (κ3) is 3.80. The molecule has 94 valence electrons. The van der Waals surface area contributed by atoms with E-state index in [1.54, 1.807) is 0 Å². The van der Waals surface area contributed by atoms with Gasteiger partial charge in [0.25, 0.3) is 0 Å². The molecule has 0 aliphatic carbocycles. The van der Waals surface area contributed by atoms with E-state index in [2.05, 4.69) is 56.1 Å². The van der Waals surface area contributed by atoms with Crippen molar-refractivity contribution in [3.8, 4) is 0 Å². The SMILES string of the molecule is C=C1CN(C(C)(C)C)CCN1CCN(C)C. The molecule has 1 aliphatic rings. The van der Waals surface area contributed by atoms with Crippen LogP contribution in [0.4, 0.5) is 0 Å². The summed E-state index contributed by atoms with van der Waals surface area (Å²) in [5, 5.41) is 0. The molecule has 16 heavy (non-hydrogen) atoms. The quantitative estimate of drug-likeness (QED) is 0.720. The molecule has 1 fully saturated rings. The van der Waals surface area contributed by atoms with Gasteiger partial charge in [-0.05, 0) is 34.9 Å². The van der Waals surface area contributed by atoms with E-state index in [-0.39, 0.29) is 5.54 Å². The highest BCUT2D eigenvalue weighted by Gasteiger charge is 2.27. The van der Waals surface area contributed by atoms with E-state index in [0.29, 0.717) is 0 Å². The Labute approximate surface area is 101 Å². The zero-order valence-electron chi connectivity index (χ0n) is 11.6. The molecule has 0 saturated carbocycles. The Morgan fingerprint density at radius 1 is 1.25 bits per heavy atom. The van der Waals surface area contributed by atoms with Gasteiger partial charge in [0.1, 0.15) is 0 Å². The van der Waals surface area contributed by atoms with Gasteiger partial charge in [0.15, 0.2) is 0 Å². The molecule has 1 saturated heterocycles. The molecule has 1 aliphatic heterocycles. The van der Waals surface area contributed by atoms with Gasteiger partial charge in [-0.25, -0.2) is 0 Å². The van der Waals surface area contributed by atoms with Crippen molar-refractivity contribution in [2.75, 3.05) is 46.8 Å². The number of likely N-dealkylation sites (N-methyl/N-ethyl adjacent to an activating group) is 1. The lowest BCUT2D eigenvalue weighted by atomic mass is 10.0. The predicted molar refractivity (Wildman–Crippen MR) is 70.6 cm³/mol. The van der Waals surface area contributed by atoms with Crippen LogP contribution in [0.25, 0.3) is 0 Å². The summed E-state index contributed by atoms with van der Waals surface area (Å²) in [6.45, 7) is 16.5. The molecular formula is C13H27N3. The Hall–Kier alpha value is -0.540. The highest BCUT2D eigenvalue weighted by Crippen LogP contribution is 2.20. The van der Waals surface area contributed by atoms with Crippen LogP contribution in [0.1, 0.15) is 20.8 Å². The van der Waals surface area contributed by atoms with Crippen LogP contribution < -0.4 is 0 Å². The van der Waals surface area contributed by atoms with E-state index in [4.69, 9.17) is 0 Å². The smallest absolute Gasteiger partial charge is 0.0383 e. The van der Waals surface area contributed by atoms with Crippen molar-refractivity contribution in [2.45, 2.75) is 26.3 Å². The summed E-state index contributed by atoms with van der Waals surface area (Å²) in [7, 11) is 4.24. The van der Waals surface area contributed by atoms with Crippen molar-refractivity contribution in [2.24, 2.45) is 0 Å². The Balaban J connectivity index is 2.44. The summed E-state index contributed by atoms with van der Waals surface area (Å²) in [5.74, 6) is 0. The number of rotatable bonds is 3. The first-order valence-electron chi connectivity index (χ1n) is 6.13. The molecule has 0 radical (unpaired) electrons. The second kappa shape index (κ2) is 5.19. The number of hydrogen-bond acceptors (Lipinski definition) is 3. The minimum Gasteiger partial charge on any atom is -0.372 e. The molecule has 1 rings (SSSR count). The summed E-state index contributed by atoms with van der Waals surface area (Å²) in [4.78, 5) is 7.15. The lowest BCUT2D eigenvalue weighted by molar-refractivity contribution is 0.0892. The van der Waals surface area contributed by atoms with Gasteiger partial charge in [0, 0.05) is 44.0 Å². The molecule has 0 aromatic heterocycles. The maximum Gasteiger partial charge on any atom is 0.0383 e. The predicted octanol–water partition coefficient (Wildman–Crippen LogP) is 1.48. The zero-order valence-corrected chi connectivity index (χ0v) is 11.6. The molecular weight excluding hydrogens is 198 g/mol. The third-order valence-electron chi connectivity index (χ3n) is 3.23. The maximum atomic E-state index is 4.20. The average molecular weight is 225 g/mol. The fraction of sp³-hybridized carbons (Fsp3) is 0.846. The van der Waals surface area contributed by atoms with Gasteiger partial charge in [-0.2, -0.15) is 0 Å². The second-order valence-corrected chi connectivity index (χ2v) is 5.95. The molecule has 0 unspecified atom stereocenters. The summed E-state index contributed by atoms with van der Waals surface area (Å²) < 4.78 is 0. The summed E-state index contributed by atoms with van der Waals surface area (Å²) in [6.07, 6.45) is 0. The molecule has 3 heteroatoms. The van der Waals surface area contributed by atoms with Gasteiger partial charge in [-0.1, -0.05) is 6.58 Å². The van der Waals surface area contributed by atoms with E-state index in [1.807, 2.05) is 0 Å². The van der Waals surface area contributed by atoms with Crippen LogP contribution in [0.5, 0.6) is 0 Å². The Morgan fingerprint density at radius 2 is 1.88 bits per heavy atom. The van der Waals surface area contributed by atoms with Crippen molar-refractivity contribution >= 4 is 0 Å². The van der Waals surface area contributed by atoms with Crippen molar-refractivity contribution in [1.82, 2.24) is 14.7 Å². The largest absolute Gasteiger partial charge is 0.372 e. The van der Waals surface area contributed by atoms with Crippen molar-refractivity contribution in [3.63, 3.8) is 0 Å². The number of nitrogens with zero attached hydrogens (tertiary/aromatic N) is 3. The first kappa shape index (κ1) is 13.5. The van der Waals surface area contributed by atoms with Crippen LogP contribution in [0.15, 0.2) is 12.3 Å². The Morgan fingerprint density at radius 3 is 2.31 bits per heavy atom. The standard InChI is InChI=1S/C13H27N3/c1-12-11-16(13(2,3)4)10-9-15(12)8-7-14(5)6/h1,7-11H2,2-6H3. The normalized spacial score (nSPS) is 19.6. The zero-order chi connectivity index (χ0) is 12.3. The second-order valence-electron chi connectivity index (χ2n) is 5.95. The highest BCUT2D eigenvalue weighted by molar-refractivity contribution is 5.03. The maximum absolute atomic E-state index is 4.20. The van der Waals surface area contributed by atoms with Crippen LogP contribution >= 0.6 is 0 Å². The van der Waals surface area contributed by atoms with Crippen LogP contribution in [0.3, 0.4) is 0 Å². The van der Waals surface area contributed by atoms with Crippen molar-refractivity contribution in [1.29, 1.82) is 0 Å². The lowest BCUT2D eigenvalue weighted by Crippen LogP contribution is -2.52. The fourth-order valence-electron chi connectivity index (χ4n) is 1.96. The van der Waals surface area contributed by atoms with Crippen molar-refractivity contribution < 1.29 is 0 Å². The van der Waals surface area contributed by atoms with E-state index in [9.17, 15) is 0 Å². The van der Waals surface area contributed by atoms with Crippen molar-refractivity contribution in [3.05, 3.63) is 12.3 Å². The van der Waals surface area contributed by atoms with Gasteiger partial charge in [-0.3, -0.25) is 4.90 Å². The van der Waals surface area contributed by atoms with Gasteiger partial charge in [0.2, 0.25) is 0 Å². The lowest BCUT2D eigenvalue weighted by Gasteiger charge is -2.44. The van der Waals surface area contributed by atoms with Gasteiger partial charge >= 0.3 is 0 Å². The number of hydrogen-bond donors (Lipinski definition) is 0. The fourth-order valence-corrected chi connectivity index (χ4v) is 1.96. The van der Waals surface area contributed by atoms with Crippen LogP contribution in [-0.4, -0.2) is 67.1 Å².